The summed E-state index contributed by atoms with van der Waals surface area (Å²) in [6, 6.07) is 14.5. The van der Waals surface area contributed by atoms with Crippen LogP contribution >= 0.6 is 11.6 Å². The first-order valence-corrected chi connectivity index (χ1v) is 6.39. The molecule has 0 unspecified atom stereocenters. The fourth-order valence-corrected chi connectivity index (χ4v) is 1.72. The monoisotopic (exact) mass is 275 g/mol. The van der Waals surface area contributed by atoms with E-state index in [2.05, 4.69) is 5.32 Å². The third-order valence-electron chi connectivity index (χ3n) is 2.54. The van der Waals surface area contributed by atoms with E-state index in [1.807, 2.05) is 24.3 Å². The second kappa shape index (κ2) is 6.25. The van der Waals surface area contributed by atoms with E-state index in [1.54, 1.807) is 31.2 Å². The molecule has 0 saturated heterocycles. The molecular weight excluding hydrogens is 262 g/mol. The predicted octanol–water partition coefficient (Wildman–Crippen LogP) is 4.48. The number of ether oxygens (including phenoxy) is 1. The van der Waals surface area contributed by atoms with Crippen LogP contribution < -0.4 is 10.1 Å². The van der Waals surface area contributed by atoms with Crippen LogP contribution in [0.25, 0.3) is 0 Å². The highest BCUT2D eigenvalue weighted by Gasteiger charge is 2.08. The van der Waals surface area contributed by atoms with Crippen molar-refractivity contribution in [2.75, 3.05) is 5.32 Å². The SMILES string of the molecule is CCC(=O)Nc1ccccc1Oc1ccccc1Cl. The van der Waals surface area contributed by atoms with Gasteiger partial charge in [0.1, 0.15) is 5.75 Å². The number of carbonyl (C=O) groups excluding carboxylic acids is 1. The van der Waals surface area contributed by atoms with Crippen LogP contribution in [-0.2, 0) is 4.79 Å². The van der Waals surface area contributed by atoms with E-state index in [0.717, 1.165) is 0 Å². The zero-order valence-corrected chi connectivity index (χ0v) is 11.3. The summed E-state index contributed by atoms with van der Waals surface area (Å²) in [5, 5.41) is 3.32. The lowest BCUT2D eigenvalue weighted by Gasteiger charge is -2.12. The van der Waals surface area contributed by atoms with Crippen molar-refractivity contribution in [3.8, 4) is 11.5 Å². The van der Waals surface area contributed by atoms with Gasteiger partial charge in [0, 0.05) is 6.42 Å². The Morgan fingerprint density at radius 2 is 1.74 bits per heavy atom. The standard InChI is InChI=1S/C15H14ClNO2/c1-2-15(18)17-12-8-4-6-10-14(12)19-13-9-5-3-7-11(13)16/h3-10H,2H2,1H3,(H,17,18). The lowest BCUT2D eigenvalue weighted by molar-refractivity contribution is -0.115. The first kappa shape index (κ1) is 13.4. The van der Waals surface area contributed by atoms with Crippen molar-refractivity contribution in [2.45, 2.75) is 13.3 Å². The Hall–Kier alpha value is -2.00. The number of hydrogen-bond donors (Lipinski definition) is 1. The summed E-state index contributed by atoms with van der Waals surface area (Å²) in [5.41, 5.74) is 0.634. The Balaban J connectivity index is 2.25. The minimum Gasteiger partial charge on any atom is -0.454 e. The summed E-state index contributed by atoms with van der Waals surface area (Å²) in [5.74, 6) is 1.06. The van der Waals surface area contributed by atoms with Crippen LogP contribution in [0.5, 0.6) is 11.5 Å². The Kier molecular flexibility index (Phi) is 4.42. The van der Waals surface area contributed by atoms with E-state index in [1.165, 1.54) is 0 Å². The van der Waals surface area contributed by atoms with Crippen LogP contribution in [0.2, 0.25) is 5.02 Å². The zero-order valence-electron chi connectivity index (χ0n) is 10.5. The fourth-order valence-electron chi connectivity index (χ4n) is 1.54. The van der Waals surface area contributed by atoms with Gasteiger partial charge in [-0.15, -0.1) is 0 Å². The Bertz CT molecular complexity index is 584. The molecule has 3 nitrogen and oxygen atoms in total. The molecule has 1 amide bonds. The fraction of sp³-hybridized carbons (Fsp3) is 0.133. The van der Waals surface area contributed by atoms with Crippen molar-refractivity contribution in [1.29, 1.82) is 0 Å². The van der Waals surface area contributed by atoms with Gasteiger partial charge in [0.25, 0.3) is 0 Å². The number of amides is 1. The molecule has 0 aliphatic carbocycles. The molecule has 98 valence electrons. The number of rotatable bonds is 4. The van der Waals surface area contributed by atoms with E-state index in [-0.39, 0.29) is 5.91 Å². The molecule has 4 heteroatoms. The first-order chi connectivity index (χ1) is 9.20. The average Bonchev–Trinajstić information content (AvgIpc) is 2.43. The summed E-state index contributed by atoms with van der Waals surface area (Å²) < 4.78 is 5.74. The third kappa shape index (κ3) is 3.48. The molecular formula is C15H14ClNO2. The normalized spacial score (nSPS) is 10.0. The summed E-state index contributed by atoms with van der Waals surface area (Å²) in [6.07, 6.45) is 0.417. The lowest BCUT2D eigenvalue weighted by Crippen LogP contribution is -2.10. The molecule has 0 fully saturated rings. The molecule has 2 rings (SSSR count). The molecule has 2 aromatic carbocycles. The molecule has 0 aliphatic rings. The maximum atomic E-state index is 11.5. The van der Waals surface area contributed by atoms with Gasteiger partial charge in [-0.2, -0.15) is 0 Å². The molecule has 2 aromatic rings. The number of halogens is 1. The van der Waals surface area contributed by atoms with Crippen LogP contribution in [-0.4, -0.2) is 5.91 Å². The highest BCUT2D eigenvalue weighted by atomic mass is 35.5. The van der Waals surface area contributed by atoms with Crippen molar-refractivity contribution in [2.24, 2.45) is 0 Å². The second-order valence-corrected chi connectivity index (χ2v) is 4.34. The average molecular weight is 276 g/mol. The van der Waals surface area contributed by atoms with Crippen LogP contribution in [0.1, 0.15) is 13.3 Å². The Labute approximate surface area is 117 Å². The molecule has 0 radical (unpaired) electrons. The number of benzene rings is 2. The molecule has 1 N–H and O–H groups in total. The number of nitrogens with one attached hydrogen (secondary N) is 1. The van der Waals surface area contributed by atoms with Crippen molar-refractivity contribution >= 4 is 23.2 Å². The molecule has 19 heavy (non-hydrogen) atoms. The van der Waals surface area contributed by atoms with Crippen LogP contribution in [0.15, 0.2) is 48.5 Å². The maximum absolute atomic E-state index is 11.5. The van der Waals surface area contributed by atoms with Gasteiger partial charge in [0.05, 0.1) is 10.7 Å². The Morgan fingerprint density at radius 3 is 2.42 bits per heavy atom. The lowest BCUT2D eigenvalue weighted by atomic mass is 10.2. The Morgan fingerprint density at radius 1 is 1.11 bits per heavy atom. The van der Waals surface area contributed by atoms with Crippen molar-refractivity contribution in [3.63, 3.8) is 0 Å². The summed E-state index contributed by atoms with van der Waals surface area (Å²) in [4.78, 5) is 11.5. The minimum absolute atomic E-state index is 0.0600. The topological polar surface area (TPSA) is 38.3 Å². The number of para-hydroxylation sites is 3. The molecule has 0 spiro atoms. The summed E-state index contributed by atoms with van der Waals surface area (Å²) in [7, 11) is 0. The molecule has 0 bridgehead atoms. The third-order valence-corrected chi connectivity index (χ3v) is 2.85. The van der Waals surface area contributed by atoms with E-state index < -0.39 is 0 Å². The molecule has 0 heterocycles. The van der Waals surface area contributed by atoms with Crippen molar-refractivity contribution in [1.82, 2.24) is 0 Å². The highest BCUT2D eigenvalue weighted by Crippen LogP contribution is 2.33. The molecule has 0 saturated carbocycles. The van der Waals surface area contributed by atoms with Crippen LogP contribution in [0.4, 0.5) is 5.69 Å². The van der Waals surface area contributed by atoms with Gasteiger partial charge in [-0.3, -0.25) is 4.79 Å². The smallest absolute Gasteiger partial charge is 0.224 e. The van der Waals surface area contributed by atoms with Gasteiger partial charge in [-0.1, -0.05) is 42.8 Å². The van der Waals surface area contributed by atoms with E-state index in [4.69, 9.17) is 16.3 Å². The van der Waals surface area contributed by atoms with Crippen molar-refractivity contribution < 1.29 is 9.53 Å². The quantitative estimate of drug-likeness (QED) is 0.893. The number of hydrogen-bond acceptors (Lipinski definition) is 2. The largest absolute Gasteiger partial charge is 0.454 e. The van der Waals surface area contributed by atoms with E-state index >= 15 is 0 Å². The van der Waals surface area contributed by atoms with Crippen LogP contribution in [0, 0.1) is 0 Å². The summed E-state index contributed by atoms with van der Waals surface area (Å²) >= 11 is 6.05. The highest BCUT2D eigenvalue weighted by molar-refractivity contribution is 6.32. The van der Waals surface area contributed by atoms with Gasteiger partial charge >= 0.3 is 0 Å². The van der Waals surface area contributed by atoms with Gasteiger partial charge in [-0.05, 0) is 24.3 Å². The van der Waals surface area contributed by atoms with Crippen molar-refractivity contribution in [3.05, 3.63) is 53.6 Å². The van der Waals surface area contributed by atoms with Gasteiger partial charge in [-0.25, -0.2) is 0 Å². The number of carbonyl (C=O) groups is 1. The summed E-state index contributed by atoms with van der Waals surface area (Å²) in [6.45, 7) is 1.80. The second-order valence-electron chi connectivity index (χ2n) is 3.93. The molecule has 0 aromatic heterocycles. The molecule has 0 atom stereocenters. The van der Waals surface area contributed by atoms with Gasteiger partial charge in [0.2, 0.25) is 5.91 Å². The van der Waals surface area contributed by atoms with Gasteiger partial charge < -0.3 is 10.1 Å². The van der Waals surface area contributed by atoms with E-state index in [9.17, 15) is 4.79 Å². The molecule has 0 aliphatic heterocycles. The van der Waals surface area contributed by atoms with Crippen LogP contribution in [0.3, 0.4) is 0 Å². The van der Waals surface area contributed by atoms with Gasteiger partial charge in [0.15, 0.2) is 5.75 Å². The first-order valence-electron chi connectivity index (χ1n) is 6.02. The number of anilines is 1. The van der Waals surface area contributed by atoms with E-state index in [0.29, 0.717) is 28.6 Å². The zero-order chi connectivity index (χ0) is 13.7. The maximum Gasteiger partial charge on any atom is 0.224 e. The minimum atomic E-state index is -0.0600. The predicted molar refractivity (Wildman–Crippen MR) is 76.9 cm³/mol.